The Kier molecular flexibility index (Phi) is 7.17. The number of nitrogens with zero attached hydrogens (tertiary/aromatic N) is 1. The lowest BCUT2D eigenvalue weighted by Crippen LogP contribution is -2.54. The summed E-state index contributed by atoms with van der Waals surface area (Å²) in [5.74, 6) is -1.35. The van der Waals surface area contributed by atoms with Crippen molar-refractivity contribution >= 4 is 64.4 Å². The molecule has 0 radical (unpaired) electrons. The molecule has 1 N–H and O–H groups in total. The maximum atomic E-state index is 13.1. The third-order valence-corrected chi connectivity index (χ3v) is 6.28. The lowest BCUT2D eigenvalue weighted by Gasteiger charge is -2.26. The second-order valence-corrected chi connectivity index (χ2v) is 9.20. The first-order valence-electron chi connectivity index (χ1n) is 10.5. The number of aryl methyl sites for hydroxylation is 2. The van der Waals surface area contributed by atoms with Gasteiger partial charge in [0.25, 0.3) is 11.8 Å². The fourth-order valence-corrected chi connectivity index (χ4v) is 4.33. The van der Waals surface area contributed by atoms with E-state index in [1.54, 1.807) is 19.1 Å². The summed E-state index contributed by atoms with van der Waals surface area (Å²) in [6.45, 7) is 4.04. The second-order valence-electron chi connectivity index (χ2n) is 7.98. The Bertz CT molecular complexity index is 1380. The molecular formula is C26H19Cl3N2O4. The molecule has 0 unspecified atom stereocenters. The van der Waals surface area contributed by atoms with E-state index in [2.05, 4.69) is 5.32 Å². The van der Waals surface area contributed by atoms with Crippen LogP contribution in [0.5, 0.6) is 5.75 Å². The monoisotopic (exact) mass is 528 g/mol. The highest BCUT2D eigenvalue weighted by Gasteiger charge is 2.37. The zero-order valence-corrected chi connectivity index (χ0v) is 21.0. The van der Waals surface area contributed by atoms with E-state index in [1.807, 2.05) is 31.2 Å². The molecule has 0 bridgehead atoms. The molecule has 178 valence electrons. The van der Waals surface area contributed by atoms with Gasteiger partial charge in [0, 0.05) is 5.02 Å². The maximum Gasteiger partial charge on any atom is 0.335 e. The number of anilines is 1. The summed E-state index contributed by atoms with van der Waals surface area (Å²) in [6, 6.07) is 14.7. The standard InChI is InChI=1S/C26H19Cl3N2O4/c1-14-4-3-5-16(8-14)13-35-23-21(28)10-17(11-22(23)29)9-19-24(32)30-26(34)31(25(19)33)18-7-6-15(2)20(27)12-18/h3-12H,13H2,1-2H3,(H,30,32,34)/b19-9-. The van der Waals surface area contributed by atoms with Gasteiger partial charge in [-0.3, -0.25) is 14.9 Å². The number of hydrogen-bond donors (Lipinski definition) is 1. The number of halogens is 3. The fourth-order valence-electron chi connectivity index (χ4n) is 3.54. The Balaban J connectivity index is 1.62. The second kappa shape index (κ2) is 10.1. The van der Waals surface area contributed by atoms with Crippen LogP contribution in [0.1, 0.15) is 22.3 Å². The van der Waals surface area contributed by atoms with E-state index in [0.717, 1.165) is 21.6 Å². The van der Waals surface area contributed by atoms with Crippen molar-refractivity contribution in [2.24, 2.45) is 0 Å². The normalized spacial score (nSPS) is 14.9. The van der Waals surface area contributed by atoms with E-state index in [4.69, 9.17) is 39.5 Å². The van der Waals surface area contributed by atoms with E-state index in [0.29, 0.717) is 10.6 Å². The fraction of sp³-hybridized carbons (Fsp3) is 0.115. The van der Waals surface area contributed by atoms with Crippen LogP contribution >= 0.6 is 34.8 Å². The summed E-state index contributed by atoms with van der Waals surface area (Å²) in [6.07, 6.45) is 1.31. The van der Waals surface area contributed by atoms with Gasteiger partial charge in [0.15, 0.2) is 5.75 Å². The Labute approximate surface area is 217 Å². The van der Waals surface area contributed by atoms with Crippen molar-refractivity contribution in [1.82, 2.24) is 5.32 Å². The van der Waals surface area contributed by atoms with Crippen LogP contribution in [0, 0.1) is 13.8 Å². The molecule has 0 aromatic heterocycles. The average Bonchev–Trinajstić information content (AvgIpc) is 2.78. The van der Waals surface area contributed by atoms with Gasteiger partial charge >= 0.3 is 6.03 Å². The number of ether oxygens (including phenoxy) is 1. The SMILES string of the molecule is Cc1cccc(COc2c(Cl)cc(/C=C3/C(=O)NC(=O)N(c4ccc(C)c(Cl)c4)C3=O)cc2Cl)c1. The molecule has 1 saturated heterocycles. The van der Waals surface area contributed by atoms with E-state index in [1.165, 1.54) is 24.3 Å². The maximum absolute atomic E-state index is 13.1. The molecule has 0 saturated carbocycles. The number of hydrogen-bond acceptors (Lipinski definition) is 4. The van der Waals surface area contributed by atoms with Crippen LogP contribution in [-0.2, 0) is 16.2 Å². The zero-order chi connectivity index (χ0) is 25.3. The van der Waals surface area contributed by atoms with Crippen molar-refractivity contribution in [2.45, 2.75) is 20.5 Å². The molecule has 3 aromatic carbocycles. The molecule has 35 heavy (non-hydrogen) atoms. The van der Waals surface area contributed by atoms with Crippen LogP contribution in [0.3, 0.4) is 0 Å². The van der Waals surface area contributed by atoms with Gasteiger partial charge in [0.2, 0.25) is 0 Å². The summed E-state index contributed by atoms with van der Waals surface area (Å²) >= 11 is 19.0. The van der Waals surface area contributed by atoms with Crippen molar-refractivity contribution in [3.63, 3.8) is 0 Å². The molecule has 9 heteroatoms. The highest BCUT2D eigenvalue weighted by molar-refractivity contribution is 6.40. The Morgan fingerprint density at radius 2 is 1.63 bits per heavy atom. The van der Waals surface area contributed by atoms with Gasteiger partial charge in [-0.15, -0.1) is 0 Å². The molecule has 3 aromatic rings. The predicted molar refractivity (Wildman–Crippen MR) is 137 cm³/mol. The largest absolute Gasteiger partial charge is 0.486 e. The van der Waals surface area contributed by atoms with Crippen molar-refractivity contribution < 1.29 is 19.1 Å². The smallest absolute Gasteiger partial charge is 0.335 e. The molecule has 6 nitrogen and oxygen atoms in total. The first-order chi connectivity index (χ1) is 16.6. The number of rotatable bonds is 5. The molecular weight excluding hydrogens is 511 g/mol. The van der Waals surface area contributed by atoms with Crippen LogP contribution in [0.4, 0.5) is 10.5 Å². The third-order valence-electron chi connectivity index (χ3n) is 5.31. The minimum absolute atomic E-state index is 0.207. The van der Waals surface area contributed by atoms with Gasteiger partial charge in [-0.05, 0) is 60.9 Å². The molecule has 0 atom stereocenters. The number of carbonyl (C=O) groups is 3. The van der Waals surface area contributed by atoms with Crippen LogP contribution < -0.4 is 15.0 Å². The zero-order valence-electron chi connectivity index (χ0n) is 18.7. The average molecular weight is 530 g/mol. The Morgan fingerprint density at radius 3 is 2.29 bits per heavy atom. The molecule has 0 aliphatic carbocycles. The highest BCUT2D eigenvalue weighted by atomic mass is 35.5. The minimum atomic E-state index is -0.868. The van der Waals surface area contributed by atoms with Gasteiger partial charge in [0.1, 0.15) is 12.2 Å². The number of barbiturate groups is 1. The van der Waals surface area contributed by atoms with E-state index >= 15 is 0 Å². The number of amides is 4. The lowest BCUT2D eigenvalue weighted by molar-refractivity contribution is -0.122. The van der Waals surface area contributed by atoms with E-state index < -0.39 is 17.8 Å². The first-order valence-corrected chi connectivity index (χ1v) is 11.6. The van der Waals surface area contributed by atoms with Gasteiger partial charge in [-0.2, -0.15) is 0 Å². The van der Waals surface area contributed by atoms with Gasteiger partial charge < -0.3 is 4.74 Å². The predicted octanol–water partition coefficient (Wildman–Crippen LogP) is 6.51. The molecule has 4 rings (SSSR count). The van der Waals surface area contributed by atoms with Crippen LogP contribution in [0.15, 0.2) is 60.2 Å². The molecule has 0 spiro atoms. The quantitative estimate of drug-likeness (QED) is 0.302. The number of benzene rings is 3. The summed E-state index contributed by atoms with van der Waals surface area (Å²) in [7, 11) is 0. The van der Waals surface area contributed by atoms with Gasteiger partial charge in [-0.25, -0.2) is 9.69 Å². The molecule has 1 fully saturated rings. The number of nitrogens with one attached hydrogen (secondary N) is 1. The van der Waals surface area contributed by atoms with Gasteiger partial charge in [-0.1, -0.05) is 70.7 Å². The first kappa shape index (κ1) is 24.8. The van der Waals surface area contributed by atoms with E-state index in [-0.39, 0.29) is 33.7 Å². The Hall–Kier alpha value is -3.32. The lowest BCUT2D eigenvalue weighted by atomic mass is 10.1. The third kappa shape index (κ3) is 5.35. The summed E-state index contributed by atoms with van der Waals surface area (Å²) in [5.41, 5.74) is 3.19. The highest BCUT2D eigenvalue weighted by Crippen LogP contribution is 2.36. The van der Waals surface area contributed by atoms with Crippen molar-refractivity contribution in [2.75, 3.05) is 4.90 Å². The molecule has 1 heterocycles. The van der Waals surface area contributed by atoms with Crippen LogP contribution in [-0.4, -0.2) is 17.8 Å². The summed E-state index contributed by atoms with van der Waals surface area (Å²) in [4.78, 5) is 38.9. The molecule has 1 aliphatic rings. The van der Waals surface area contributed by atoms with Crippen LogP contribution in [0.25, 0.3) is 6.08 Å². The van der Waals surface area contributed by atoms with E-state index in [9.17, 15) is 14.4 Å². The van der Waals surface area contributed by atoms with Crippen molar-refractivity contribution in [1.29, 1.82) is 0 Å². The summed E-state index contributed by atoms with van der Waals surface area (Å²) < 4.78 is 5.81. The Morgan fingerprint density at radius 1 is 0.914 bits per heavy atom. The molecule has 4 amide bonds. The number of urea groups is 1. The number of imide groups is 2. The molecule has 1 aliphatic heterocycles. The number of carbonyl (C=O) groups excluding carboxylic acids is 3. The minimum Gasteiger partial charge on any atom is -0.486 e. The van der Waals surface area contributed by atoms with Gasteiger partial charge in [0.05, 0.1) is 15.7 Å². The van der Waals surface area contributed by atoms with Crippen molar-refractivity contribution in [3.8, 4) is 5.75 Å². The summed E-state index contributed by atoms with van der Waals surface area (Å²) in [5, 5.41) is 2.97. The van der Waals surface area contributed by atoms with Crippen molar-refractivity contribution in [3.05, 3.63) is 97.5 Å². The topological polar surface area (TPSA) is 75.7 Å². The van der Waals surface area contributed by atoms with Crippen LogP contribution in [0.2, 0.25) is 15.1 Å².